The maximum Gasteiger partial charge on any atom is 0.407 e. The third kappa shape index (κ3) is 3.31. The zero-order valence-electron chi connectivity index (χ0n) is 16.3. The van der Waals surface area contributed by atoms with Gasteiger partial charge in [-0.25, -0.2) is 4.79 Å². The number of hydrogen-bond donors (Lipinski definition) is 2. The van der Waals surface area contributed by atoms with Crippen molar-refractivity contribution in [1.82, 2.24) is 10.3 Å². The minimum absolute atomic E-state index is 0.0553. The highest BCUT2D eigenvalue weighted by Gasteiger charge is 2.28. The van der Waals surface area contributed by atoms with Crippen LogP contribution in [0.1, 0.15) is 22.6 Å². The van der Waals surface area contributed by atoms with Gasteiger partial charge in [0.1, 0.15) is 6.61 Å². The fraction of sp³-hybridized carbons (Fsp3) is 0.115. The van der Waals surface area contributed by atoms with Gasteiger partial charge in [0.25, 0.3) is 0 Å². The number of amides is 1. The first kappa shape index (κ1) is 18.1. The minimum Gasteiger partial charge on any atom is -0.449 e. The molecule has 2 N–H and O–H groups in total. The summed E-state index contributed by atoms with van der Waals surface area (Å²) in [5.74, 6) is 6.15. The number of aromatic amines is 1. The van der Waals surface area contributed by atoms with Crippen LogP contribution in [0.4, 0.5) is 4.79 Å². The standard InChI is InChI=1S/C26H20N2O2/c29-26(28-15-6-9-18-7-5-8-19-14-16-27-25(18)19)30-17-24-22-12-3-1-10-20(22)21-11-2-4-13-23(21)24/h1-5,7-8,10-14,16,24,27H,15,17H2,(H,28,29). The van der Waals surface area contributed by atoms with E-state index in [0.29, 0.717) is 6.61 Å². The van der Waals surface area contributed by atoms with E-state index in [-0.39, 0.29) is 12.5 Å². The average molecular weight is 392 g/mol. The summed E-state index contributed by atoms with van der Waals surface area (Å²) in [5, 5.41) is 3.84. The highest BCUT2D eigenvalue weighted by Crippen LogP contribution is 2.44. The Bertz CT molecular complexity index is 1250. The fourth-order valence-corrected chi connectivity index (χ4v) is 4.09. The molecule has 1 aromatic heterocycles. The van der Waals surface area contributed by atoms with Crippen molar-refractivity contribution < 1.29 is 9.53 Å². The molecule has 4 heteroatoms. The lowest BCUT2D eigenvalue weighted by Gasteiger charge is -2.14. The first-order valence-corrected chi connectivity index (χ1v) is 9.95. The molecular weight excluding hydrogens is 372 g/mol. The molecule has 5 rings (SSSR count). The number of rotatable bonds is 3. The average Bonchev–Trinajstić information content (AvgIpc) is 3.39. The van der Waals surface area contributed by atoms with Crippen LogP contribution in [0.5, 0.6) is 0 Å². The Kier molecular flexibility index (Phi) is 4.71. The van der Waals surface area contributed by atoms with Crippen LogP contribution in [0.3, 0.4) is 0 Å². The van der Waals surface area contributed by atoms with Gasteiger partial charge in [0.05, 0.1) is 12.1 Å². The SMILES string of the molecule is O=C(NCC#Cc1cccc2cc[nH]c12)OCC1c2ccccc2-c2ccccc21. The van der Waals surface area contributed by atoms with E-state index in [1.54, 1.807) is 0 Å². The summed E-state index contributed by atoms with van der Waals surface area (Å²) in [6, 6.07) is 24.6. The Labute approximate surface area is 174 Å². The smallest absolute Gasteiger partial charge is 0.407 e. The van der Waals surface area contributed by atoms with Crippen LogP contribution in [0.2, 0.25) is 0 Å². The van der Waals surface area contributed by atoms with Crippen molar-refractivity contribution in [2.75, 3.05) is 13.2 Å². The molecule has 0 radical (unpaired) electrons. The van der Waals surface area contributed by atoms with E-state index >= 15 is 0 Å². The molecule has 0 bridgehead atoms. The second-order valence-electron chi connectivity index (χ2n) is 7.23. The van der Waals surface area contributed by atoms with Crippen LogP contribution in [-0.4, -0.2) is 24.2 Å². The lowest BCUT2D eigenvalue weighted by atomic mass is 9.98. The second-order valence-corrected chi connectivity index (χ2v) is 7.23. The van der Waals surface area contributed by atoms with Crippen molar-refractivity contribution in [2.24, 2.45) is 0 Å². The molecule has 0 saturated carbocycles. The van der Waals surface area contributed by atoms with Gasteiger partial charge in [0.2, 0.25) is 0 Å². The van der Waals surface area contributed by atoms with Crippen molar-refractivity contribution in [3.63, 3.8) is 0 Å². The molecule has 0 fully saturated rings. The molecule has 0 spiro atoms. The number of ether oxygens (including phenoxy) is 1. The van der Waals surface area contributed by atoms with Gasteiger partial charge in [-0.2, -0.15) is 0 Å². The van der Waals surface area contributed by atoms with Crippen molar-refractivity contribution in [3.8, 4) is 23.0 Å². The van der Waals surface area contributed by atoms with Crippen LogP contribution >= 0.6 is 0 Å². The number of carbonyl (C=O) groups is 1. The van der Waals surface area contributed by atoms with Crippen LogP contribution in [0.15, 0.2) is 79.0 Å². The van der Waals surface area contributed by atoms with Crippen LogP contribution < -0.4 is 5.32 Å². The maximum atomic E-state index is 12.2. The summed E-state index contributed by atoms with van der Waals surface area (Å²) in [7, 11) is 0. The molecule has 0 atom stereocenters. The van der Waals surface area contributed by atoms with Gasteiger partial charge in [-0.15, -0.1) is 0 Å². The summed E-state index contributed by atoms with van der Waals surface area (Å²) < 4.78 is 5.53. The molecule has 0 saturated heterocycles. The third-order valence-corrected chi connectivity index (χ3v) is 5.48. The lowest BCUT2D eigenvalue weighted by molar-refractivity contribution is 0.144. The minimum atomic E-state index is -0.454. The predicted molar refractivity (Wildman–Crippen MR) is 118 cm³/mol. The van der Waals surface area contributed by atoms with E-state index in [4.69, 9.17) is 4.74 Å². The highest BCUT2D eigenvalue weighted by atomic mass is 16.5. The molecule has 1 heterocycles. The van der Waals surface area contributed by atoms with E-state index < -0.39 is 6.09 Å². The van der Waals surface area contributed by atoms with Crippen LogP contribution in [0, 0.1) is 11.8 Å². The molecule has 1 aliphatic rings. The van der Waals surface area contributed by atoms with Gasteiger partial charge in [0.15, 0.2) is 0 Å². The quantitative estimate of drug-likeness (QED) is 0.479. The number of alkyl carbamates (subject to hydrolysis) is 1. The lowest BCUT2D eigenvalue weighted by Crippen LogP contribution is -2.26. The van der Waals surface area contributed by atoms with Gasteiger partial charge in [-0.1, -0.05) is 72.5 Å². The zero-order chi connectivity index (χ0) is 20.3. The Hall–Kier alpha value is -3.97. The summed E-state index contributed by atoms with van der Waals surface area (Å²) in [6.45, 7) is 0.531. The zero-order valence-corrected chi connectivity index (χ0v) is 16.3. The van der Waals surface area contributed by atoms with Gasteiger partial charge < -0.3 is 15.0 Å². The molecule has 3 aromatic carbocycles. The number of nitrogens with one attached hydrogen (secondary N) is 2. The number of para-hydroxylation sites is 1. The van der Waals surface area contributed by atoms with E-state index in [9.17, 15) is 4.79 Å². The molecular formula is C26H20N2O2. The summed E-state index contributed by atoms with van der Waals surface area (Å²) in [6.07, 6.45) is 1.44. The third-order valence-electron chi connectivity index (χ3n) is 5.48. The van der Waals surface area contributed by atoms with Gasteiger partial charge in [-0.3, -0.25) is 0 Å². The van der Waals surface area contributed by atoms with Crippen molar-refractivity contribution in [2.45, 2.75) is 5.92 Å². The molecule has 0 aliphatic heterocycles. The van der Waals surface area contributed by atoms with E-state index in [1.807, 2.05) is 54.7 Å². The van der Waals surface area contributed by atoms with Crippen molar-refractivity contribution in [3.05, 3.63) is 95.7 Å². The van der Waals surface area contributed by atoms with Gasteiger partial charge in [0, 0.05) is 23.1 Å². The molecule has 1 aliphatic carbocycles. The molecule has 0 unspecified atom stereocenters. The number of aromatic nitrogens is 1. The molecule has 30 heavy (non-hydrogen) atoms. The summed E-state index contributed by atoms with van der Waals surface area (Å²) >= 11 is 0. The second kappa shape index (κ2) is 7.81. The first-order chi connectivity index (χ1) is 14.8. The van der Waals surface area contributed by atoms with Crippen LogP contribution in [-0.2, 0) is 4.74 Å². The fourth-order valence-electron chi connectivity index (χ4n) is 4.09. The Morgan fingerprint density at radius 2 is 1.67 bits per heavy atom. The Morgan fingerprint density at radius 1 is 0.933 bits per heavy atom. The van der Waals surface area contributed by atoms with Crippen molar-refractivity contribution >= 4 is 17.0 Å². The maximum absolute atomic E-state index is 12.2. The largest absolute Gasteiger partial charge is 0.449 e. The van der Waals surface area contributed by atoms with E-state index in [0.717, 1.165) is 16.5 Å². The van der Waals surface area contributed by atoms with Gasteiger partial charge >= 0.3 is 6.09 Å². The topological polar surface area (TPSA) is 54.1 Å². The predicted octanol–water partition coefficient (Wildman–Crippen LogP) is 5.06. The monoisotopic (exact) mass is 392 g/mol. The number of hydrogen-bond acceptors (Lipinski definition) is 2. The van der Waals surface area contributed by atoms with E-state index in [1.165, 1.54) is 22.3 Å². The first-order valence-electron chi connectivity index (χ1n) is 9.95. The number of benzene rings is 3. The van der Waals surface area contributed by atoms with Crippen molar-refractivity contribution in [1.29, 1.82) is 0 Å². The van der Waals surface area contributed by atoms with E-state index in [2.05, 4.69) is 46.4 Å². The Morgan fingerprint density at radius 3 is 2.43 bits per heavy atom. The number of carbonyl (C=O) groups excluding carboxylic acids is 1. The molecule has 146 valence electrons. The summed E-state index contributed by atoms with van der Waals surface area (Å²) in [4.78, 5) is 15.4. The molecule has 4 nitrogen and oxygen atoms in total. The Balaban J connectivity index is 1.21. The molecule has 1 amide bonds. The van der Waals surface area contributed by atoms with Gasteiger partial charge in [-0.05, 0) is 34.4 Å². The summed E-state index contributed by atoms with van der Waals surface area (Å²) in [5.41, 5.74) is 6.74. The number of fused-ring (bicyclic) bond motifs is 4. The number of H-pyrrole nitrogens is 1. The van der Waals surface area contributed by atoms with Crippen LogP contribution in [0.25, 0.3) is 22.0 Å². The molecule has 4 aromatic rings. The highest BCUT2D eigenvalue weighted by molar-refractivity contribution is 5.85. The normalized spacial score (nSPS) is 12.0.